The molecule has 0 aromatic carbocycles. The van der Waals surface area contributed by atoms with E-state index in [-0.39, 0.29) is 5.92 Å². The summed E-state index contributed by atoms with van der Waals surface area (Å²) in [6.45, 7) is 7.77. The lowest BCUT2D eigenvalue weighted by Gasteiger charge is -2.39. The molecular formula is C26H34N8O3. The number of morpholine rings is 1. The first-order valence-electron chi connectivity index (χ1n) is 13.0. The van der Waals surface area contributed by atoms with Crippen LogP contribution < -0.4 is 4.90 Å². The van der Waals surface area contributed by atoms with Gasteiger partial charge in [0.15, 0.2) is 34.9 Å². The Balaban J connectivity index is 1.42. The number of aliphatic hydroxyl groups is 2. The van der Waals surface area contributed by atoms with Gasteiger partial charge in [-0.3, -0.25) is 9.30 Å². The fourth-order valence-electron chi connectivity index (χ4n) is 5.55. The van der Waals surface area contributed by atoms with Gasteiger partial charge < -0.3 is 24.4 Å². The van der Waals surface area contributed by atoms with Crippen LogP contribution in [-0.2, 0) is 11.8 Å². The Hall–Kier alpha value is -3.12. The van der Waals surface area contributed by atoms with Gasteiger partial charge in [-0.2, -0.15) is 0 Å². The van der Waals surface area contributed by atoms with Gasteiger partial charge in [0.05, 0.1) is 24.5 Å². The molecule has 37 heavy (non-hydrogen) atoms. The van der Waals surface area contributed by atoms with Crippen molar-refractivity contribution in [2.45, 2.75) is 38.5 Å². The number of anilines is 1. The molecule has 6 heterocycles. The average Bonchev–Trinajstić information content (AvgIpc) is 3.52. The maximum Gasteiger partial charge on any atom is 0.180 e. The van der Waals surface area contributed by atoms with Crippen LogP contribution in [0.2, 0.25) is 0 Å². The maximum atomic E-state index is 11.4. The van der Waals surface area contributed by atoms with Crippen molar-refractivity contribution in [3.63, 3.8) is 0 Å². The summed E-state index contributed by atoms with van der Waals surface area (Å²) in [6.07, 6.45) is 4.44. The van der Waals surface area contributed by atoms with Crippen molar-refractivity contribution in [3.8, 4) is 11.5 Å². The minimum Gasteiger partial charge on any atom is -0.390 e. The summed E-state index contributed by atoms with van der Waals surface area (Å²) >= 11 is 0. The third-order valence-electron chi connectivity index (χ3n) is 7.81. The van der Waals surface area contributed by atoms with Crippen molar-refractivity contribution in [1.82, 2.24) is 33.8 Å². The molecule has 2 aliphatic heterocycles. The molecular weight excluding hydrogens is 472 g/mol. The predicted octanol–water partition coefficient (Wildman–Crippen LogP) is 1.99. The van der Waals surface area contributed by atoms with Crippen LogP contribution in [0.5, 0.6) is 0 Å². The highest BCUT2D eigenvalue weighted by atomic mass is 16.5. The summed E-state index contributed by atoms with van der Waals surface area (Å²) in [4.78, 5) is 23.5. The van der Waals surface area contributed by atoms with Crippen LogP contribution in [0.3, 0.4) is 0 Å². The number of aliphatic hydroxyl groups excluding tert-OH is 1. The van der Waals surface area contributed by atoms with Gasteiger partial charge in [-0.25, -0.2) is 19.9 Å². The summed E-state index contributed by atoms with van der Waals surface area (Å²) in [5.74, 6) is 2.07. The van der Waals surface area contributed by atoms with E-state index in [2.05, 4.69) is 9.88 Å². The minimum atomic E-state index is -0.875. The van der Waals surface area contributed by atoms with Gasteiger partial charge in [-0.1, -0.05) is 6.07 Å². The highest BCUT2D eigenvalue weighted by Gasteiger charge is 2.34. The lowest BCUT2D eigenvalue weighted by molar-refractivity contribution is -0.0620. The molecule has 4 aromatic heterocycles. The van der Waals surface area contributed by atoms with E-state index in [4.69, 9.17) is 19.7 Å². The maximum absolute atomic E-state index is 11.4. The number of fused-ring (bicyclic) bond motifs is 2. The highest BCUT2D eigenvalue weighted by molar-refractivity contribution is 5.86. The first kappa shape index (κ1) is 24.2. The number of nitrogens with zero attached hydrogens (tertiary/aromatic N) is 8. The van der Waals surface area contributed by atoms with E-state index in [1.165, 1.54) is 0 Å². The number of rotatable bonds is 5. The quantitative estimate of drug-likeness (QED) is 0.419. The zero-order valence-electron chi connectivity index (χ0n) is 21.6. The lowest BCUT2D eigenvalue weighted by Crippen LogP contribution is -2.43. The third kappa shape index (κ3) is 4.35. The molecule has 2 fully saturated rings. The molecule has 6 rings (SSSR count). The van der Waals surface area contributed by atoms with E-state index in [0.717, 1.165) is 30.0 Å². The fourth-order valence-corrected chi connectivity index (χ4v) is 5.55. The number of likely N-dealkylation sites (tertiary alicyclic amines) is 1. The zero-order chi connectivity index (χ0) is 25.7. The monoisotopic (exact) mass is 506 g/mol. The average molecular weight is 507 g/mol. The van der Waals surface area contributed by atoms with E-state index in [1.54, 1.807) is 6.20 Å². The van der Waals surface area contributed by atoms with Crippen LogP contribution in [-0.4, -0.2) is 89.0 Å². The molecule has 0 amide bonds. The minimum absolute atomic E-state index is 0.212. The molecule has 4 aromatic rings. The number of pyridine rings is 1. The highest BCUT2D eigenvalue weighted by Crippen LogP contribution is 2.34. The first-order valence-corrected chi connectivity index (χ1v) is 13.0. The van der Waals surface area contributed by atoms with Crippen LogP contribution in [0.4, 0.5) is 5.82 Å². The molecule has 0 radical (unpaired) electrons. The Morgan fingerprint density at radius 1 is 1.05 bits per heavy atom. The summed E-state index contributed by atoms with van der Waals surface area (Å²) in [7, 11) is 1.90. The smallest absolute Gasteiger partial charge is 0.180 e. The Kier molecular flexibility index (Phi) is 6.10. The third-order valence-corrected chi connectivity index (χ3v) is 7.81. The topological polar surface area (TPSA) is 117 Å². The summed E-state index contributed by atoms with van der Waals surface area (Å²) in [5.41, 5.74) is 2.29. The second kappa shape index (κ2) is 9.32. The Morgan fingerprint density at radius 2 is 1.81 bits per heavy atom. The predicted molar refractivity (Wildman–Crippen MR) is 139 cm³/mol. The SMILES string of the molecule is Cn1c(C(O)N2CCC(C(C)(C)O)CC2)nc2c(N3CCOCC3)nc(-c3cccc4nccn34)nc21. The molecule has 11 heteroatoms. The first-order chi connectivity index (χ1) is 17.8. The molecule has 196 valence electrons. The number of aryl methyl sites for hydroxylation is 1. The molecule has 0 spiro atoms. The van der Waals surface area contributed by atoms with Crippen molar-refractivity contribution < 1.29 is 14.9 Å². The van der Waals surface area contributed by atoms with Gasteiger partial charge in [0.25, 0.3) is 0 Å². The van der Waals surface area contributed by atoms with Crippen LogP contribution >= 0.6 is 0 Å². The van der Waals surface area contributed by atoms with Crippen LogP contribution in [0.15, 0.2) is 30.6 Å². The summed E-state index contributed by atoms with van der Waals surface area (Å²) < 4.78 is 9.44. The van der Waals surface area contributed by atoms with Crippen LogP contribution in [0.25, 0.3) is 28.3 Å². The molecule has 2 aliphatic rings. The normalized spacial score (nSPS) is 19.2. The Bertz CT molecular complexity index is 1410. The van der Waals surface area contributed by atoms with Crippen molar-refractivity contribution in [2.24, 2.45) is 13.0 Å². The van der Waals surface area contributed by atoms with Crippen molar-refractivity contribution in [3.05, 3.63) is 36.4 Å². The van der Waals surface area contributed by atoms with Gasteiger partial charge in [0.1, 0.15) is 5.65 Å². The van der Waals surface area contributed by atoms with Crippen LogP contribution in [0, 0.1) is 5.92 Å². The molecule has 2 N–H and O–H groups in total. The molecule has 11 nitrogen and oxygen atoms in total. The molecule has 1 atom stereocenters. The second-order valence-corrected chi connectivity index (χ2v) is 10.6. The molecule has 0 bridgehead atoms. The molecule has 1 unspecified atom stereocenters. The number of imidazole rings is 2. The van der Waals surface area contributed by atoms with E-state index < -0.39 is 11.8 Å². The van der Waals surface area contributed by atoms with Crippen LogP contribution in [0.1, 0.15) is 38.7 Å². The number of hydrogen-bond acceptors (Lipinski definition) is 9. The summed E-state index contributed by atoms with van der Waals surface area (Å²) in [5, 5.41) is 21.8. The summed E-state index contributed by atoms with van der Waals surface area (Å²) in [6, 6.07) is 5.89. The van der Waals surface area contributed by atoms with Gasteiger partial charge in [-0.05, 0) is 44.7 Å². The molecule has 2 saturated heterocycles. The van der Waals surface area contributed by atoms with Gasteiger partial charge >= 0.3 is 0 Å². The number of piperidine rings is 1. The van der Waals surface area contributed by atoms with Crippen molar-refractivity contribution >= 4 is 22.6 Å². The van der Waals surface area contributed by atoms with E-state index in [0.29, 0.717) is 62.2 Å². The second-order valence-electron chi connectivity index (χ2n) is 10.6. The number of aromatic nitrogens is 6. The fraction of sp³-hybridized carbons (Fsp3) is 0.538. The van der Waals surface area contributed by atoms with Crippen molar-refractivity contribution in [2.75, 3.05) is 44.3 Å². The lowest BCUT2D eigenvalue weighted by atomic mass is 9.83. The number of hydrogen-bond donors (Lipinski definition) is 2. The largest absolute Gasteiger partial charge is 0.390 e. The standard InChI is InChI=1S/C26H34N8O3/c1-26(2,36)17-7-10-33(11-8-17)25(35)24-28-20-22(31(24)3)29-21(30-23(20)32-13-15-37-16-14-32)18-5-4-6-19-27-9-12-34(18)19/h4-6,9,12,17,25,35-36H,7-8,10-11,13-16H2,1-3H3. The number of ether oxygens (including phenoxy) is 1. The molecule has 0 aliphatic carbocycles. The van der Waals surface area contributed by atoms with Gasteiger partial charge in [0, 0.05) is 45.6 Å². The van der Waals surface area contributed by atoms with Gasteiger partial charge in [0.2, 0.25) is 0 Å². The Morgan fingerprint density at radius 3 is 2.54 bits per heavy atom. The van der Waals surface area contributed by atoms with E-state index >= 15 is 0 Å². The van der Waals surface area contributed by atoms with Crippen molar-refractivity contribution in [1.29, 1.82) is 0 Å². The zero-order valence-corrected chi connectivity index (χ0v) is 21.6. The van der Waals surface area contributed by atoms with E-state index in [1.807, 2.05) is 59.2 Å². The van der Waals surface area contributed by atoms with E-state index in [9.17, 15) is 10.2 Å². The van der Waals surface area contributed by atoms with Gasteiger partial charge in [-0.15, -0.1) is 0 Å². The molecule has 0 saturated carbocycles. The Labute approximate surface area is 215 Å².